The Morgan fingerprint density at radius 3 is 2.48 bits per heavy atom. The van der Waals surface area contributed by atoms with Gasteiger partial charge in [0.25, 0.3) is 0 Å². The molecule has 1 unspecified atom stereocenters. The van der Waals surface area contributed by atoms with Gasteiger partial charge in [-0.15, -0.1) is 0 Å². The first kappa shape index (κ1) is 15.4. The Hall–Kier alpha value is -1.95. The van der Waals surface area contributed by atoms with Gasteiger partial charge in [-0.3, -0.25) is 9.69 Å². The molecule has 0 bridgehead atoms. The molecule has 114 valence electrons. The number of carbonyl (C=O) groups is 2. The van der Waals surface area contributed by atoms with Crippen LogP contribution < -0.4 is 0 Å². The number of urea groups is 1. The molecule has 3 amide bonds. The number of rotatable bonds is 4. The zero-order valence-corrected chi connectivity index (χ0v) is 12.5. The lowest BCUT2D eigenvalue weighted by Crippen LogP contribution is -2.56. The maximum Gasteiger partial charge on any atom is 0.326 e. The molecule has 1 heterocycles. The number of carbonyl (C=O) groups excluding carboxylic acids is 2. The highest BCUT2D eigenvalue weighted by Crippen LogP contribution is 2.16. The molecule has 21 heavy (non-hydrogen) atoms. The van der Waals surface area contributed by atoms with Crippen LogP contribution in [0.2, 0.25) is 0 Å². The average molecular weight is 293 g/mol. The highest BCUT2D eigenvalue weighted by molar-refractivity contribution is 5.96. The summed E-state index contributed by atoms with van der Waals surface area (Å²) < 4.78 is 12.9. The quantitative estimate of drug-likeness (QED) is 0.846. The second-order valence-corrected chi connectivity index (χ2v) is 5.53. The SMILES string of the molecule is CN(Cc1ccc(F)cc1)CC1CC(=O)N(C)C(=O)N1C. The van der Waals surface area contributed by atoms with E-state index in [1.54, 1.807) is 24.1 Å². The summed E-state index contributed by atoms with van der Waals surface area (Å²) in [6.45, 7) is 1.24. The van der Waals surface area contributed by atoms with E-state index < -0.39 is 0 Å². The maximum absolute atomic E-state index is 12.9. The van der Waals surface area contributed by atoms with Crippen LogP contribution in [-0.4, -0.2) is 60.4 Å². The zero-order chi connectivity index (χ0) is 15.6. The zero-order valence-electron chi connectivity index (χ0n) is 12.5. The topological polar surface area (TPSA) is 43.9 Å². The lowest BCUT2D eigenvalue weighted by Gasteiger charge is -2.38. The number of halogens is 1. The minimum Gasteiger partial charge on any atom is -0.323 e. The largest absolute Gasteiger partial charge is 0.326 e. The van der Waals surface area contributed by atoms with Crippen molar-refractivity contribution in [2.24, 2.45) is 0 Å². The Kier molecular flexibility index (Phi) is 4.57. The average Bonchev–Trinajstić information content (AvgIpc) is 2.45. The van der Waals surface area contributed by atoms with Crippen molar-refractivity contribution in [1.82, 2.24) is 14.7 Å². The second kappa shape index (κ2) is 6.22. The van der Waals surface area contributed by atoms with E-state index in [-0.39, 0.29) is 23.8 Å². The van der Waals surface area contributed by atoms with Crippen LogP contribution in [0, 0.1) is 5.82 Å². The van der Waals surface area contributed by atoms with Crippen LogP contribution in [0.25, 0.3) is 0 Å². The molecule has 0 aliphatic carbocycles. The minimum absolute atomic E-state index is 0.133. The maximum atomic E-state index is 12.9. The third kappa shape index (κ3) is 3.58. The third-order valence-corrected chi connectivity index (χ3v) is 3.81. The highest BCUT2D eigenvalue weighted by atomic mass is 19.1. The van der Waals surface area contributed by atoms with E-state index in [0.717, 1.165) is 10.5 Å². The van der Waals surface area contributed by atoms with Crippen molar-refractivity contribution in [3.05, 3.63) is 35.6 Å². The van der Waals surface area contributed by atoms with Crippen molar-refractivity contribution >= 4 is 11.9 Å². The molecule has 1 aliphatic rings. The summed E-state index contributed by atoms with van der Waals surface area (Å²) in [5.41, 5.74) is 0.993. The molecule has 1 atom stereocenters. The number of hydrogen-bond donors (Lipinski definition) is 0. The van der Waals surface area contributed by atoms with E-state index in [1.165, 1.54) is 19.2 Å². The fourth-order valence-electron chi connectivity index (χ4n) is 2.49. The first-order valence-corrected chi connectivity index (χ1v) is 6.85. The molecule has 1 aromatic carbocycles. The van der Waals surface area contributed by atoms with Gasteiger partial charge in [0.05, 0.1) is 6.04 Å². The van der Waals surface area contributed by atoms with Crippen LogP contribution >= 0.6 is 0 Å². The first-order chi connectivity index (χ1) is 9.88. The Morgan fingerprint density at radius 1 is 1.24 bits per heavy atom. The molecule has 0 spiro atoms. The van der Waals surface area contributed by atoms with Crippen molar-refractivity contribution in [1.29, 1.82) is 0 Å². The van der Waals surface area contributed by atoms with E-state index >= 15 is 0 Å². The Morgan fingerprint density at radius 2 is 1.86 bits per heavy atom. The lowest BCUT2D eigenvalue weighted by atomic mass is 10.1. The van der Waals surface area contributed by atoms with Gasteiger partial charge in [-0.1, -0.05) is 12.1 Å². The van der Waals surface area contributed by atoms with Gasteiger partial charge < -0.3 is 9.80 Å². The van der Waals surface area contributed by atoms with Crippen LogP contribution in [0.15, 0.2) is 24.3 Å². The van der Waals surface area contributed by atoms with Gasteiger partial charge in [-0.05, 0) is 24.7 Å². The van der Waals surface area contributed by atoms with Crippen LogP contribution in [0.4, 0.5) is 9.18 Å². The molecule has 6 heteroatoms. The van der Waals surface area contributed by atoms with Gasteiger partial charge in [-0.2, -0.15) is 0 Å². The van der Waals surface area contributed by atoms with Crippen LogP contribution in [0.1, 0.15) is 12.0 Å². The van der Waals surface area contributed by atoms with Crippen molar-refractivity contribution in [3.63, 3.8) is 0 Å². The second-order valence-electron chi connectivity index (χ2n) is 5.53. The third-order valence-electron chi connectivity index (χ3n) is 3.81. The number of amides is 3. The number of hydrogen-bond acceptors (Lipinski definition) is 3. The summed E-state index contributed by atoms with van der Waals surface area (Å²) >= 11 is 0. The Balaban J connectivity index is 1.95. The van der Waals surface area contributed by atoms with Crippen LogP contribution in [0.5, 0.6) is 0 Å². The molecule has 0 saturated carbocycles. The van der Waals surface area contributed by atoms with Gasteiger partial charge in [0.1, 0.15) is 5.82 Å². The molecule has 1 saturated heterocycles. The number of imide groups is 1. The molecule has 1 fully saturated rings. The lowest BCUT2D eigenvalue weighted by molar-refractivity contribution is -0.131. The molecule has 0 radical (unpaired) electrons. The van der Waals surface area contributed by atoms with Gasteiger partial charge in [0, 0.05) is 33.6 Å². The molecule has 0 aromatic heterocycles. The molecule has 1 aromatic rings. The number of benzene rings is 1. The summed E-state index contributed by atoms with van der Waals surface area (Å²) in [5.74, 6) is -0.411. The number of nitrogens with zero attached hydrogens (tertiary/aromatic N) is 3. The molecular formula is C15H20FN3O2. The smallest absolute Gasteiger partial charge is 0.323 e. The van der Waals surface area contributed by atoms with Gasteiger partial charge in [0.15, 0.2) is 0 Å². The van der Waals surface area contributed by atoms with Crippen molar-refractivity contribution in [2.45, 2.75) is 19.0 Å². The summed E-state index contributed by atoms with van der Waals surface area (Å²) in [5, 5.41) is 0. The Labute approximate surface area is 123 Å². The molecule has 5 nitrogen and oxygen atoms in total. The predicted molar refractivity (Wildman–Crippen MR) is 77.1 cm³/mol. The van der Waals surface area contributed by atoms with E-state index in [0.29, 0.717) is 19.5 Å². The monoisotopic (exact) mass is 293 g/mol. The van der Waals surface area contributed by atoms with Gasteiger partial charge in [-0.25, -0.2) is 9.18 Å². The minimum atomic E-state index is -0.272. The van der Waals surface area contributed by atoms with Gasteiger partial charge in [0.2, 0.25) is 5.91 Å². The summed E-state index contributed by atoms with van der Waals surface area (Å²) in [7, 11) is 5.13. The van der Waals surface area contributed by atoms with Crippen LogP contribution in [0.3, 0.4) is 0 Å². The molecular weight excluding hydrogens is 273 g/mol. The molecule has 1 aliphatic heterocycles. The fourth-order valence-corrected chi connectivity index (χ4v) is 2.49. The number of likely N-dealkylation sites (N-methyl/N-ethyl adjacent to an activating group) is 2. The van der Waals surface area contributed by atoms with E-state index in [9.17, 15) is 14.0 Å². The Bertz CT molecular complexity index is 532. The van der Waals surface area contributed by atoms with E-state index in [2.05, 4.69) is 0 Å². The predicted octanol–water partition coefficient (Wildman–Crippen LogP) is 1.54. The van der Waals surface area contributed by atoms with E-state index in [1.807, 2.05) is 11.9 Å². The normalized spacial score (nSPS) is 19.6. The van der Waals surface area contributed by atoms with Crippen LogP contribution in [-0.2, 0) is 11.3 Å². The van der Waals surface area contributed by atoms with E-state index in [4.69, 9.17) is 0 Å². The summed E-state index contributed by atoms with van der Waals surface area (Å²) in [6, 6.07) is 5.93. The highest BCUT2D eigenvalue weighted by Gasteiger charge is 2.34. The fraction of sp³-hybridized carbons (Fsp3) is 0.467. The van der Waals surface area contributed by atoms with Crippen molar-refractivity contribution in [3.8, 4) is 0 Å². The molecule has 2 rings (SSSR count). The van der Waals surface area contributed by atoms with Gasteiger partial charge >= 0.3 is 6.03 Å². The standard InChI is InChI=1S/C15H20FN3O2/c1-17(9-11-4-6-12(16)7-5-11)10-13-8-14(20)19(3)15(21)18(13)2/h4-7,13H,8-10H2,1-3H3. The van der Waals surface area contributed by atoms with Crippen molar-refractivity contribution in [2.75, 3.05) is 27.7 Å². The molecule has 0 N–H and O–H groups in total. The summed E-state index contributed by atoms with van der Waals surface area (Å²) in [4.78, 5) is 28.4. The first-order valence-electron chi connectivity index (χ1n) is 6.85. The summed E-state index contributed by atoms with van der Waals surface area (Å²) in [6.07, 6.45) is 0.326. The van der Waals surface area contributed by atoms with Crippen molar-refractivity contribution < 1.29 is 14.0 Å².